The van der Waals surface area contributed by atoms with Gasteiger partial charge in [-0.15, -0.1) is 0 Å². The number of hydrogen-bond donors (Lipinski definition) is 0. The molecule has 1 heteroatoms. The van der Waals surface area contributed by atoms with Gasteiger partial charge in [-0.1, -0.05) is 12.3 Å². The number of ether oxygens (including phenoxy) is 1. The second kappa shape index (κ2) is 4.22. The Bertz CT molecular complexity index is 135. The van der Waals surface area contributed by atoms with Gasteiger partial charge in [0.05, 0.1) is 0 Å². The molecule has 0 saturated heterocycles. The standard InChI is InChI=1S/C9H14O/c1-2-8-10-9-6-4-3-5-7-9/h9H,3-7H2,1H3. The molecule has 0 amide bonds. The van der Waals surface area contributed by atoms with Crippen molar-refractivity contribution >= 4 is 0 Å². The fourth-order valence-electron chi connectivity index (χ4n) is 1.33. The first-order valence-electron chi connectivity index (χ1n) is 4.01. The van der Waals surface area contributed by atoms with E-state index in [0.29, 0.717) is 6.10 Å². The van der Waals surface area contributed by atoms with E-state index in [4.69, 9.17) is 4.74 Å². The molecule has 1 aliphatic rings. The van der Waals surface area contributed by atoms with Crippen molar-refractivity contribution in [3.05, 3.63) is 0 Å². The van der Waals surface area contributed by atoms with Gasteiger partial charge in [-0.25, -0.2) is 0 Å². The third-order valence-electron chi connectivity index (χ3n) is 1.88. The molecule has 0 N–H and O–H groups in total. The van der Waals surface area contributed by atoms with E-state index in [-0.39, 0.29) is 0 Å². The van der Waals surface area contributed by atoms with Crippen LogP contribution in [0.3, 0.4) is 0 Å². The topological polar surface area (TPSA) is 9.23 Å². The van der Waals surface area contributed by atoms with Crippen LogP contribution in [0, 0.1) is 12.0 Å². The highest BCUT2D eigenvalue weighted by Crippen LogP contribution is 2.19. The van der Waals surface area contributed by atoms with E-state index >= 15 is 0 Å². The minimum absolute atomic E-state index is 0.432. The van der Waals surface area contributed by atoms with Crippen LogP contribution in [-0.4, -0.2) is 6.10 Å². The van der Waals surface area contributed by atoms with E-state index in [1.165, 1.54) is 32.1 Å². The lowest BCUT2D eigenvalue weighted by Crippen LogP contribution is -2.13. The zero-order valence-electron chi connectivity index (χ0n) is 6.52. The van der Waals surface area contributed by atoms with Gasteiger partial charge in [-0.05, 0) is 25.7 Å². The van der Waals surface area contributed by atoms with Gasteiger partial charge < -0.3 is 4.74 Å². The molecule has 0 aromatic rings. The summed E-state index contributed by atoms with van der Waals surface area (Å²) < 4.78 is 5.27. The molecule has 0 spiro atoms. The molecule has 1 nitrogen and oxygen atoms in total. The van der Waals surface area contributed by atoms with Gasteiger partial charge in [0.25, 0.3) is 0 Å². The molecule has 56 valence electrons. The molecule has 0 radical (unpaired) electrons. The Morgan fingerprint density at radius 2 is 1.90 bits per heavy atom. The minimum atomic E-state index is 0.432. The Morgan fingerprint density at radius 3 is 2.50 bits per heavy atom. The van der Waals surface area contributed by atoms with Crippen molar-refractivity contribution < 1.29 is 4.74 Å². The largest absolute Gasteiger partial charge is 0.443 e. The van der Waals surface area contributed by atoms with Crippen LogP contribution < -0.4 is 0 Å². The molecule has 0 aromatic carbocycles. The van der Waals surface area contributed by atoms with Gasteiger partial charge in [0.2, 0.25) is 0 Å². The van der Waals surface area contributed by atoms with Crippen molar-refractivity contribution in [1.29, 1.82) is 0 Å². The lowest BCUT2D eigenvalue weighted by Gasteiger charge is -2.18. The van der Waals surface area contributed by atoms with E-state index in [9.17, 15) is 0 Å². The summed E-state index contributed by atoms with van der Waals surface area (Å²) in [5.41, 5.74) is 0. The summed E-state index contributed by atoms with van der Waals surface area (Å²) in [6.45, 7) is 1.81. The Balaban J connectivity index is 2.17. The van der Waals surface area contributed by atoms with E-state index < -0.39 is 0 Å². The van der Waals surface area contributed by atoms with E-state index in [1.54, 1.807) is 0 Å². The summed E-state index contributed by atoms with van der Waals surface area (Å²) in [5, 5.41) is 0. The van der Waals surface area contributed by atoms with Crippen LogP contribution in [0.1, 0.15) is 39.0 Å². The quantitative estimate of drug-likeness (QED) is 0.505. The van der Waals surface area contributed by atoms with Gasteiger partial charge in [-0.3, -0.25) is 0 Å². The predicted molar refractivity (Wildman–Crippen MR) is 41.4 cm³/mol. The van der Waals surface area contributed by atoms with Crippen molar-refractivity contribution in [2.24, 2.45) is 0 Å². The summed E-state index contributed by atoms with van der Waals surface area (Å²) in [4.78, 5) is 0. The highest BCUT2D eigenvalue weighted by Gasteiger charge is 2.12. The maximum absolute atomic E-state index is 5.27. The van der Waals surface area contributed by atoms with Crippen LogP contribution in [-0.2, 0) is 4.74 Å². The first kappa shape index (κ1) is 7.47. The second-order valence-corrected chi connectivity index (χ2v) is 2.73. The van der Waals surface area contributed by atoms with Gasteiger partial charge in [0, 0.05) is 6.92 Å². The van der Waals surface area contributed by atoms with Crippen LogP contribution in [0.25, 0.3) is 0 Å². The van der Waals surface area contributed by atoms with Gasteiger partial charge in [-0.2, -0.15) is 0 Å². The molecule has 1 rings (SSSR count). The first-order chi connectivity index (χ1) is 4.93. The van der Waals surface area contributed by atoms with Crippen molar-refractivity contribution in [2.75, 3.05) is 0 Å². The summed E-state index contributed by atoms with van der Waals surface area (Å²) in [6, 6.07) is 0. The average Bonchev–Trinajstić information content (AvgIpc) is 2.03. The molecule has 0 unspecified atom stereocenters. The molecule has 10 heavy (non-hydrogen) atoms. The molecule has 1 saturated carbocycles. The molecule has 1 aliphatic carbocycles. The number of rotatable bonds is 1. The fourth-order valence-corrected chi connectivity index (χ4v) is 1.33. The Morgan fingerprint density at radius 1 is 1.20 bits per heavy atom. The Hall–Kier alpha value is -0.640. The maximum atomic E-state index is 5.27. The zero-order chi connectivity index (χ0) is 7.23. The Labute approximate surface area is 62.8 Å². The summed E-state index contributed by atoms with van der Waals surface area (Å²) in [7, 11) is 0. The van der Waals surface area contributed by atoms with Crippen molar-refractivity contribution in [3.63, 3.8) is 0 Å². The predicted octanol–water partition coefficient (Wildman–Crippen LogP) is 2.32. The molecule has 0 bridgehead atoms. The molecule has 0 aromatic heterocycles. The lowest BCUT2D eigenvalue weighted by atomic mass is 9.98. The average molecular weight is 138 g/mol. The normalized spacial score (nSPS) is 19.3. The molecule has 1 fully saturated rings. The van der Waals surface area contributed by atoms with Crippen molar-refractivity contribution in [2.45, 2.75) is 45.1 Å². The van der Waals surface area contributed by atoms with Crippen molar-refractivity contribution in [3.8, 4) is 12.0 Å². The van der Waals surface area contributed by atoms with Crippen LogP contribution in [0.4, 0.5) is 0 Å². The molecule has 0 heterocycles. The molecule has 0 aliphatic heterocycles. The smallest absolute Gasteiger partial charge is 0.110 e. The van der Waals surface area contributed by atoms with Crippen LogP contribution in [0.5, 0.6) is 0 Å². The van der Waals surface area contributed by atoms with Gasteiger partial charge in [0.1, 0.15) is 12.2 Å². The summed E-state index contributed by atoms with van der Waals surface area (Å²) in [6.07, 6.45) is 9.51. The summed E-state index contributed by atoms with van der Waals surface area (Å²) in [5.74, 6) is 2.74. The SMILES string of the molecule is CC#COC1CCCCC1. The fraction of sp³-hybridized carbons (Fsp3) is 0.778. The maximum Gasteiger partial charge on any atom is 0.110 e. The summed E-state index contributed by atoms with van der Waals surface area (Å²) >= 11 is 0. The first-order valence-corrected chi connectivity index (χ1v) is 4.01. The monoisotopic (exact) mass is 138 g/mol. The van der Waals surface area contributed by atoms with E-state index in [2.05, 4.69) is 12.0 Å². The minimum Gasteiger partial charge on any atom is -0.443 e. The zero-order valence-corrected chi connectivity index (χ0v) is 6.52. The third kappa shape index (κ3) is 2.31. The second-order valence-electron chi connectivity index (χ2n) is 2.73. The van der Waals surface area contributed by atoms with Crippen LogP contribution in [0.15, 0.2) is 0 Å². The Kier molecular flexibility index (Phi) is 3.15. The molecular weight excluding hydrogens is 124 g/mol. The lowest BCUT2D eigenvalue weighted by molar-refractivity contribution is 0.124. The third-order valence-corrected chi connectivity index (χ3v) is 1.88. The molecule has 0 atom stereocenters. The van der Waals surface area contributed by atoms with Crippen LogP contribution in [0.2, 0.25) is 0 Å². The van der Waals surface area contributed by atoms with E-state index in [0.717, 1.165) is 0 Å². The van der Waals surface area contributed by atoms with Gasteiger partial charge in [0.15, 0.2) is 0 Å². The van der Waals surface area contributed by atoms with E-state index in [1.807, 2.05) is 6.92 Å². The highest BCUT2D eigenvalue weighted by molar-refractivity contribution is 4.87. The van der Waals surface area contributed by atoms with Crippen LogP contribution >= 0.6 is 0 Å². The van der Waals surface area contributed by atoms with Crippen molar-refractivity contribution in [1.82, 2.24) is 0 Å². The highest BCUT2D eigenvalue weighted by atomic mass is 16.5. The molecular formula is C9H14O. The number of hydrogen-bond acceptors (Lipinski definition) is 1. The van der Waals surface area contributed by atoms with Gasteiger partial charge >= 0.3 is 0 Å².